The van der Waals surface area contributed by atoms with E-state index in [0.717, 1.165) is 6.42 Å². The predicted molar refractivity (Wildman–Crippen MR) is 43.9 cm³/mol. The van der Waals surface area contributed by atoms with Gasteiger partial charge in [-0.15, -0.1) is 0 Å². The standard InChI is InChI=1S/C8H13N2O2/c1-2-7(11)10-5-3-4-6(10)8(9)12/h6H,1-5H2,(H2,9,12). The number of carbonyl (C=O) groups excluding carboxylic acids is 2. The van der Waals surface area contributed by atoms with Crippen molar-refractivity contribution in [1.29, 1.82) is 0 Å². The van der Waals surface area contributed by atoms with Crippen LogP contribution in [0, 0.1) is 6.92 Å². The molecule has 0 aromatic heterocycles. The molecule has 0 saturated carbocycles. The van der Waals surface area contributed by atoms with Crippen LogP contribution in [0.25, 0.3) is 0 Å². The van der Waals surface area contributed by atoms with Crippen molar-refractivity contribution >= 4 is 11.8 Å². The molecular weight excluding hydrogens is 156 g/mol. The highest BCUT2D eigenvalue weighted by Gasteiger charge is 2.31. The lowest BCUT2D eigenvalue weighted by Crippen LogP contribution is -2.43. The Bertz CT molecular complexity index is 203. The maximum absolute atomic E-state index is 11.2. The van der Waals surface area contributed by atoms with E-state index in [1.54, 1.807) is 0 Å². The summed E-state index contributed by atoms with van der Waals surface area (Å²) in [6, 6.07) is -0.390. The first-order chi connectivity index (χ1) is 5.66. The Hall–Kier alpha value is -1.06. The summed E-state index contributed by atoms with van der Waals surface area (Å²) < 4.78 is 0. The Morgan fingerprint density at radius 3 is 2.75 bits per heavy atom. The molecule has 4 heteroatoms. The highest BCUT2D eigenvalue weighted by Crippen LogP contribution is 2.17. The van der Waals surface area contributed by atoms with Crippen LogP contribution in [-0.4, -0.2) is 29.3 Å². The van der Waals surface area contributed by atoms with Gasteiger partial charge in [0.15, 0.2) is 0 Å². The molecule has 0 spiro atoms. The number of rotatable bonds is 2. The van der Waals surface area contributed by atoms with E-state index in [1.807, 2.05) is 0 Å². The van der Waals surface area contributed by atoms with Crippen LogP contribution >= 0.6 is 0 Å². The third kappa shape index (κ3) is 1.57. The van der Waals surface area contributed by atoms with Crippen molar-refractivity contribution in [2.45, 2.75) is 25.3 Å². The molecule has 1 aliphatic rings. The van der Waals surface area contributed by atoms with Gasteiger partial charge >= 0.3 is 0 Å². The summed E-state index contributed by atoms with van der Waals surface area (Å²) in [4.78, 5) is 23.5. The molecule has 1 fully saturated rings. The van der Waals surface area contributed by atoms with Crippen LogP contribution in [0.4, 0.5) is 0 Å². The first kappa shape index (κ1) is 9.03. The van der Waals surface area contributed by atoms with E-state index in [-0.39, 0.29) is 18.4 Å². The van der Waals surface area contributed by atoms with Crippen LogP contribution in [0.1, 0.15) is 19.3 Å². The maximum atomic E-state index is 11.2. The van der Waals surface area contributed by atoms with E-state index in [9.17, 15) is 9.59 Å². The molecule has 1 radical (unpaired) electrons. The molecule has 67 valence electrons. The molecule has 1 unspecified atom stereocenters. The number of carbonyl (C=O) groups is 2. The normalized spacial score (nSPS) is 22.8. The Labute approximate surface area is 71.7 Å². The molecule has 1 aliphatic heterocycles. The molecule has 0 aliphatic carbocycles. The summed E-state index contributed by atoms with van der Waals surface area (Å²) in [5.41, 5.74) is 5.13. The summed E-state index contributed by atoms with van der Waals surface area (Å²) in [6.45, 7) is 4.12. The second-order valence-corrected chi connectivity index (χ2v) is 2.90. The fourth-order valence-electron chi connectivity index (χ4n) is 1.50. The number of nitrogens with zero attached hydrogens (tertiary/aromatic N) is 1. The van der Waals surface area contributed by atoms with E-state index >= 15 is 0 Å². The largest absolute Gasteiger partial charge is 0.368 e. The van der Waals surface area contributed by atoms with Crippen LogP contribution in [-0.2, 0) is 9.59 Å². The van der Waals surface area contributed by atoms with Gasteiger partial charge in [0.05, 0.1) is 0 Å². The van der Waals surface area contributed by atoms with Gasteiger partial charge in [0.25, 0.3) is 0 Å². The van der Waals surface area contributed by atoms with Crippen LogP contribution in [0.3, 0.4) is 0 Å². The van der Waals surface area contributed by atoms with Crippen LogP contribution < -0.4 is 5.73 Å². The van der Waals surface area contributed by atoms with Crippen LogP contribution in [0.5, 0.6) is 0 Å². The Kier molecular flexibility index (Phi) is 2.68. The van der Waals surface area contributed by atoms with Gasteiger partial charge in [0, 0.05) is 13.0 Å². The van der Waals surface area contributed by atoms with E-state index in [0.29, 0.717) is 13.0 Å². The van der Waals surface area contributed by atoms with Gasteiger partial charge in [-0.25, -0.2) is 0 Å². The smallest absolute Gasteiger partial charge is 0.240 e. The molecule has 1 saturated heterocycles. The van der Waals surface area contributed by atoms with Gasteiger partial charge in [-0.3, -0.25) is 9.59 Å². The lowest BCUT2D eigenvalue weighted by molar-refractivity contribution is -0.136. The molecule has 0 bridgehead atoms. The quantitative estimate of drug-likeness (QED) is 0.616. The SMILES string of the molecule is [CH2]CC(=O)N1CCCC1C(N)=O. The van der Waals surface area contributed by atoms with Crippen molar-refractivity contribution in [3.63, 3.8) is 0 Å². The predicted octanol–water partition coefficient (Wildman–Crippen LogP) is -0.313. The Morgan fingerprint density at radius 2 is 2.25 bits per heavy atom. The molecule has 1 rings (SSSR count). The molecule has 12 heavy (non-hydrogen) atoms. The van der Waals surface area contributed by atoms with Gasteiger partial charge in [-0.2, -0.15) is 0 Å². The van der Waals surface area contributed by atoms with Crippen molar-refractivity contribution in [3.05, 3.63) is 6.92 Å². The summed E-state index contributed by atoms with van der Waals surface area (Å²) in [7, 11) is 0. The topological polar surface area (TPSA) is 63.4 Å². The van der Waals surface area contributed by atoms with Gasteiger partial charge in [-0.05, 0) is 19.8 Å². The second kappa shape index (κ2) is 3.56. The minimum Gasteiger partial charge on any atom is -0.368 e. The van der Waals surface area contributed by atoms with Crippen LogP contribution in [0.15, 0.2) is 0 Å². The molecule has 0 aromatic carbocycles. The number of likely N-dealkylation sites (tertiary alicyclic amines) is 1. The first-order valence-electron chi connectivity index (χ1n) is 4.05. The van der Waals surface area contributed by atoms with Gasteiger partial charge in [0.1, 0.15) is 6.04 Å². The van der Waals surface area contributed by atoms with E-state index < -0.39 is 5.91 Å². The lowest BCUT2D eigenvalue weighted by Gasteiger charge is -2.21. The Morgan fingerprint density at radius 1 is 1.58 bits per heavy atom. The maximum Gasteiger partial charge on any atom is 0.240 e. The molecule has 2 N–H and O–H groups in total. The van der Waals surface area contributed by atoms with Gasteiger partial charge in [-0.1, -0.05) is 0 Å². The van der Waals surface area contributed by atoms with Gasteiger partial charge < -0.3 is 10.6 Å². The molecule has 0 aromatic rings. The summed E-state index contributed by atoms with van der Waals surface area (Å²) >= 11 is 0. The van der Waals surface area contributed by atoms with Gasteiger partial charge in [0.2, 0.25) is 11.8 Å². The zero-order valence-corrected chi connectivity index (χ0v) is 6.95. The number of hydrogen-bond donors (Lipinski definition) is 1. The second-order valence-electron chi connectivity index (χ2n) is 2.90. The highest BCUT2D eigenvalue weighted by molar-refractivity contribution is 5.87. The first-order valence-corrected chi connectivity index (χ1v) is 4.05. The number of nitrogens with two attached hydrogens (primary N) is 1. The zero-order chi connectivity index (χ0) is 9.14. The monoisotopic (exact) mass is 169 g/mol. The van der Waals surface area contributed by atoms with Crippen molar-refractivity contribution in [3.8, 4) is 0 Å². The molecule has 1 heterocycles. The number of amides is 2. The average molecular weight is 169 g/mol. The lowest BCUT2D eigenvalue weighted by atomic mass is 10.2. The van der Waals surface area contributed by atoms with Crippen molar-refractivity contribution < 1.29 is 9.59 Å². The zero-order valence-electron chi connectivity index (χ0n) is 6.95. The van der Waals surface area contributed by atoms with E-state index in [2.05, 4.69) is 6.92 Å². The highest BCUT2D eigenvalue weighted by atomic mass is 16.2. The fraction of sp³-hybridized carbons (Fsp3) is 0.625. The third-order valence-corrected chi connectivity index (χ3v) is 2.12. The van der Waals surface area contributed by atoms with Crippen molar-refractivity contribution in [2.75, 3.05) is 6.54 Å². The summed E-state index contributed by atoms with van der Waals surface area (Å²) in [5, 5.41) is 0. The minimum atomic E-state index is -0.408. The van der Waals surface area contributed by atoms with Crippen molar-refractivity contribution in [2.24, 2.45) is 5.73 Å². The molecule has 4 nitrogen and oxygen atoms in total. The summed E-state index contributed by atoms with van der Waals surface area (Å²) in [5.74, 6) is -0.495. The molecule has 2 amide bonds. The number of primary amides is 1. The van der Waals surface area contributed by atoms with E-state index in [1.165, 1.54) is 4.90 Å². The molecular formula is C8H13N2O2. The average Bonchev–Trinajstić information content (AvgIpc) is 2.50. The summed E-state index contributed by atoms with van der Waals surface area (Å²) in [6.07, 6.45) is 1.75. The third-order valence-electron chi connectivity index (χ3n) is 2.12. The Balaban J connectivity index is 2.63. The fourth-order valence-corrected chi connectivity index (χ4v) is 1.50. The van der Waals surface area contributed by atoms with Crippen LogP contribution in [0.2, 0.25) is 0 Å². The molecule has 1 atom stereocenters. The van der Waals surface area contributed by atoms with E-state index in [4.69, 9.17) is 5.73 Å². The minimum absolute atomic E-state index is 0.0868. The van der Waals surface area contributed by atoms with Crippen molar-refractivity contribution in [1.82, 2.24) is 4.90 Å². The number of hydrogen-bond acceptors (Lipinski definition) is 2.